The van der Waals surface area contributed by atoms with Gasteiger partial charge in [-0.15, -0.1) is 18.3 Å². The van der Waals surface area contributed by atoms with Crippen LogP contribution >= 0.6 is 11.8 Å². The van der Waals surface area contributed by atoms with E-state index >= 15 is 0 Å². The van der Waals surface area contributed by atoms with Gasteiger partial charge in [0.05, 0.1) is 20.0 Å². The third-order valence-corrected chi connectivity index (χ3v) is 3.07. The minimum absolute atomic E-state index is 0.0472. The predicted molar refractivity (Wildman–Crippen MR) is 75.7 cm³/mol. The first-order chi connectivity index (χ1) is 8.71. The highest BCUT2D eigenvalue weighted by atomic mass is 32.2. The molecule has 0 aliphatic rings. The first-order valence-corrected chi connectivity index (χ1v) is 6.57. The molecule has 1 amide bonds. The van der Waals surface area contributed by atoms with Crippen molar-refractivity contribution in [1.82, 2.24) is 0 Å². The van der Waals surface area contributed by atoms with Gasteiger partial charge in [-0.25, -0.2) is 0 Å². The monoisotopic (exact) mass is 267 g/mol. The SMILES string of the molecule is C=CCSCC(=O)Nc1ccc(OC)c(OC)c1. The van der Waals surface area contributed by atoms with Crippen LogP contribution in [0.15, 0.2) is 30.9 Å². The zero-order valence-electron chi connectivity index (χ0n) is 10.6. The van der Waals surface area contributed by atoms with Crippen LogP contribution in [-0.2, 0) is 4.79 Å². The molecule has 0 bridgehead atoms. The molecular formula is C13H17NO3S. The Hall–Kier alpha value is -1.62. The summed E-state index contributed by atoms with van der Waals surface area (Å²) in [7, 11) is 3.13. The second-order valence-electron chi connectivity index (χ2n) is 3.42. The lowest BCUT2D eigenvalue weighted by Crippen LogP contribution is -2.14. The summed E-state index contributed by atoms with van der Waals surface area (Å²) < 4.78 is 10.3. The maximum Gasteiger partial charge on any atom is 0.234 e. The topological polar surface area (TPSA) is 47.6 Å². The summed E-state index contributed by atoms with van der Waals surface area (Å²) >= 11 is 1.51. The van der Waals surface area contributed by atoms with E-state index in [0.29, 0.717) is 22.9 Å². The van der Waals surface area contributed by atoms with Crippen molar-refractivity contribution in [2.75, 3.05) is 31.0 Å². The van der Waals surface area contributed by atoms with Gasteiger partial charge in [0, 0.05) is 17.5 Å². The molecule has 0 saturated heterocycles. The average Bonchev–Trinajstić information content (AvgIpc) is 2.39. The van der Waals surface area contributed by atoms with Crippen molar-refractivity contribution in [3.05, 3.63) is 30.9 Å². The molecule has 1 N–H and O–H groups in total. The predicted octanol–water partition coefficient (Wildman–Crippen LogP) is 2.56. The highest BCUT2D eigenvalue weighted by Crippen LogP contribution is 2.29. The van der Waals surface area contributed by atoms with Gasteiger partial charge in [-0.3, -0.25) is 4.79 Å². The van der Waals surface area contributed by atoms with Crippen LogP contribution in [0.1, 0.15) is 0 Å². The Bertz CT molecular complexity index is 421. The summed E-state index contributed by atoms with van der Waals surface area (Å²) in [6.07, 6.45) is 1.77. The fraction of sp³-hybridized carbons (Fsp3) is 0.308. The smallest absolute Gasteiger partial charge is 0.234 e. The number of anilines is 1. The molecule has 18 heavy (non-hydrogen) atoms. The molecule has 98 valence electrons. The second kappa shape index (κ2) is 7.66. The van der Waals surface area contributed by atoms with Gasteiger partial charge in [0.15, 0.2) is 11.5 Å². The van der Waals surface area contributed by atoms with Gasteiger partial charge >= 0.3 is 0 Å². The summed E-state index contributed by atoms with van der Waals surface area (Å²) in [4.78, 5) is 11.6. The maximum absolute atomic E-state index is 11.6. The first-order valence-electron chi connectivity index (χ1n) is 5.41. The van der Waals surface area contributed by atoms with Gasteiger partial charge in [-0.05, 0) is 12.1 Å². The lowest BCUT2D eigenvalue weighted by atomic mass is 10.2. The van der Waals surface area contributed by atoms with Gasteiger partial charge in [-0.2, -0.15) is 0 Å². The molecule has 0 heterocycles. The molecule has 0 fully saturated rings. The van der Waals surface area contributed by atoms with Crippen molar-refractivity contribution in [3.63, 3.8) is 0 Å². The normalized spacial score (nSPS) is 9.67. The van der Waals surface area contributed by atoms with Crippen molar-refractivity contribution in [3.8, 4) is 11.5 Å². The molecule has 0 aromatic heterocycles. The molecular weight excluding hydrogens is 250 g/mol. The number of hydrogen-bond donors (Lipinski definition) is 1. The Balaban J connectivity index is 2.61. The van der Waals surface area contributed by atoms with Crippen LogP contribution in [0.4, 0.5) is 5.69 Å². The van der Waals surface area contributed by atoms with E-state index in [4.69, 9.17) is 9.47 Å². The average molecular weight is 267 g/mol. The molecule has 0 atom stereocenters. The second-order valence-corrected chi connectivity index (χ2v) is 4.45. The molecule has 0 saturated carbocycles. The summed E-state index contributed by atoms with van der Waals surface area (Å²) in [6.45, 7) is 3.60. The summed E-state index contributed by atoms with van der Waals surface area (Å²) in [5.41, 5.74) is 0.692. The highest BCUT2D eigenvalue weighted by molar-refractivity contribution is 8.00. The zero-order chi connectivity index (χ0) is 13.4. The van der Waals surface area contributed by atoms with E-state index in [1.54, 1.807) is 38.5 Å². The molecule has 0 unspecified atom stereocenters. The number of ether oxygens (including phenoxy) is 2. The number of rotatable bonds is 7. The number of thioether (sulfide) groups is 1. The minimum atomic E-state index is -0.0472. The van der Waals surface area contributed by atoms with Crippen LogP contribution in [0.5, 0.6) is 11.5 Å². The Morgan fingerprint density at radius 2 is 2.11 bits per heavy atom. The van der Waals surface area contributed by atoms with Crippen molar-refractivity contribution in [2.45, 2.75) is 0 Å². The maximum atomic E-state index is 11.6. The molecule has 4 nitrogen and oxygen atoms in total. The van der Waals surface area contributed by atoms with E-state index in [1.807, 2.05) is 0 Å². The number of hydrogen-bond acceptors (Lipinski definition) is 4. The Morgan fingerprint density at radius 3 is 2.72 bits per heavy atom. The van der Waals surface area contributed by atoms with E-state index in [2.05, 4.69) is 11.9 Å². The number of nitrogens with one attached hydrogen (secondary N) is 1. The van der Waals surface area contributed by atoms with Crippen LogP contribution in [-0.4, -0.2) is 31.6 Å². The summed E-state index contributed by atoms with van der Waals surface area (Å²) in [5, 5.41) is 2.80. The van der Waals surface area contributed by atoms with Gasteiger partial charge in [0.1, 0.15) is 0 Å². The largest absolute Gasteiger partial charge is 0.493 e. The number of carbonyl (C=O) groups excluding carboxylic acids is 1. The highest BCUT2D eigenvalue weighted by Gasteiger charge is 2.07. The van der Waals surface area contributed by atoms with Crippen molar-refractivity contribution < 1.29 is 14.3 Å². The van der Waals surface area contributed by atoms with Crippen LogP contribution in [0.25, 0.3) is 0 Å². The molecule has 0 spiro atoms. The number of benzene rings is 1. The molecule has 0 aliphatic carbocycles. The Labute approximate surface area is 111 Å². The number of carbonyl (C=O) groups is 1. The third-order valence-electron chi connectivity index (χ3n) is 2.14. The molecule has 5 heteroatoms. The van der Waals surface area contributed by atoms with Crippen molar-refractivity contribution in [1.29, 1.82) is 0 Å². The first kappa shape index (κ1) is 14.4. The summed E-state index contributed by atoms with van der Waals surface area (Å²) in [5.74, 6) is 2.35. The molecule has 0 aliphatic heterocycles. The third kappa shape index (κ3) is 4.33. The van der Waals surface area contributed by atoms with Gasteiger partial charge in [0.2, 0.25) is 5.91 Å². The van der Waals surface area contributed by atoms with E-state index in [1.165, 1.54) is 11.8 Å². The Morgan fingerprint density at radius 1 is 1.39 bits per heavy atom. The van der Waals surface area contributed by atoms with E-state index in [0.717, 1.165) is 5.75 Å². The number of methoxy groups -OCH3 is 2. The standard InChI is InChI=1S/C13H17NO3S/c1-4-7-18-9-13(15)14-10-5-6-11(16-2)12(8-10)17-3/h4-6,8H,1,7,9H2,2-3H3,(H,14,15). The molecule has 0 radical (unpaired) electrons. The molecule has 1 aromatic rings. The fourth-order valence-corrected chi connectivity index (χ4v) is 1.89. The molecule has 1 aromatic carbocycles. The van der Waals surface area contributed by atoms with Gasteiger partial charge in [0.25, 0.3) is 0 Å². The van der Waals surface area contributed by atoms with Crippen molar-refractivity contribution >= 4 is 23.4 Å². The van der Waals surface area contributed by atoms with Gasteiger partial charge < -0.3 is 14.8 Å². The summed E-state index contributed by atoms with van der Waals surface area (Å²) in [6, 6.07) is 5.26. The molecule has 1 rings (SSSR count). The van der Waals surface area contributed by atoms with E-state index < -0.39 is 0 Å². The van der Waals surface area contributed by atoms with Crippen LogP contribution in [0, 0.1) is 0 Å². The van der Waals surface area contributed by atoms with Crippen molar-refractivity contribution in [2.24, 2.45) is 0 Å². The minimum Gasteiger partial charge on any atom is -0.493 e. The number of amides is 1. The Kier molecular flexibility index (Phi) is 6.14. The van der Waals surface area contributed by atoms with Crippen LogP contribution < -0.4 is 14.8 Å². The lowest BCUT2D eigenvalue weighted by molar-refractivity contribution is -0.113. The van der Waals surface area contributed by atoms with E-state index in [-0.39, 0.29) is 5.91 Å². The lowest BCUT2D eigenvalue weighted by Gasteiger charge is -2.10. The zero-order valence-corrected chi connectivity index (χ0v) is 11.4. The quantitative estimate of drug-likeness (QED) is 0.609. The fourth-order valence-electron chi connectivity index (χ4n) is 1.35. The van der Waals surface area contributed by atoms with Gasteiger partial charge in [-0.1, -0.05) is 6.08 Å². The van der Waals surface area contributed by atoms with Crippen LogP contribution in [0.2, 0.25) is 0 Å². The van der Waals surface area contributed by atoms with E-state index in [9.17, 15) is 4.79 Å². The van der Waals surface area contributed by atoms with Crippen LogP contribution in [0.3, 0.4) is 0 Å².